The molecule has 0 saturated carbocycles. The average molecular weight is 233 g/mol. The molecular formula is C11H23NO2S. The van der Waals surface area contributed by atoms with Crippen molar-refractivity contribution < 1.29 is 9.84 Å². The first-order valence-electron chi connectivity index (χ1n) is 5.94. The summed E-state index contributed by atoms with van der Waals surface area (Å²) in [6, 6.07) is 0. The van der Waals surface area contributed by atoms with Crippen LogP contribution in [-0.2, 0) is 4.74 Å². The Bertz CT molecular complexity index is 141. The van der Waals surface area contributed by atoms with Gasteiger partial charge in [0, 0.05) is 25.5 Å². The standard InChI is InChI=1S/C11H23NO2S/c13-7-2-9-15-10-6-12-5-4-11-3-1-8-14-11/h11-13H,1-10H2. The van der Waals surface area contributed by atoms with Crippen LogP contribution in [0.5, 0.6) is 0 Å². The summed E-state index contributed by atoms with van der Waals surface area (Å²) in [6.45, 7) is 3.43. The lowest BCUT2D eigenvalue weighted by Crippen LogP contribution is -2.22. The van der Waals surface area contributed by atoms with Gasteiger partial charge in [0.05, 0.1) is 6.10 Å². The molecule has 0 aromatic heterocycles. The van der Waals surface area contributed by atoms with Crippen molar-refractivity contribution in [1.29, 1.82) is 0 Å². The Labute approximate surface area is 97.0 Å². The van der Waals surface area contributed by atoms with E-state index in [1.54, 1.807) is 0 Å². The maximum atomic E-state index is 8.59. The molecule has 0 radical (unpaired) electrons. The predicted molar refractivity (Wildman–Crippen MR) is 65.5 cm³/mol. The summed E-state index contributed by atoms with van der Waals surface area (Å²) in [5.41, 5.74) is 0. The van der Waals surface area contributed by atoms with Crippen LogP contribution in [0.15, 0.2) is 0 Å². The summed E-state index contributed by atoms with van der Waals surface area (Å²) in [4.78, 5) is 0. The Morgan fingerprint density at radius 3 is 3.00 bits per heavy atom. The molecule has 0 aromatic carbocycles. The van der Waals surface area contributed by atoms with Crippen LogP contribution in [0.1, 0.15) is 25.7 Å². The van der Waals surface area contributed by atoms with E-state index in [0.29, 0.717) is 12.7 Å². The molecule has 1 fully saturated rings. The van der Waals surface area contributed by atoms with Crippen molar-refractivity contribution in [2.75, 3.05) is 37.8 Å². The lowest BCUT2D eigenvalue weighted by Gasteiger charge is -2.09. The van der Waals surface area contributed by atoms with Crippen LogP contribution in [0, 0.1) is 0 Å². The molecule has 1 unspecified atom stereocenters. The molecule has 0 amide bonds. The smallest absolute Gasteiger partial charge is 0.0588 e. The third-order valence-corrected chi connectivity index (χ3v) is 3.61. The number of aliphatic hydroxyl groups excluding tert-OH is 1. The Morgan fingerprint density at radius 1 is 1.33 bits per heavy atom. The number of ether oxygens (including phenoxy) is 1. The monoisotopic (exact) mass is 233 g/mol. The molecule has 1 aliphatic rings. The highest BCUT2D eigenvalue weighted by Crippen LogP contribution is 2.14. The largest absolute Gasteiger partial charge is 0.396 e. The second-order valence-electron chi connectivity index (χ2n) is 3.86. The first-order valence-corrected chi connectivity index (χ1v) is 7.10. The van der Waals surface area contributed by atoms with E-state index in [4.69, 9.17) is 9.84 Å². The van der Waals surface area contributed by atoms with Gasteiger partial charge in [-0.15, -0.1) is 0 Å². The number of hydrogen-bond donors (Lipinski definition) is 2. The molecule has 1 rings (SSSR count). The minimum atomic E-state index is 0.319. The SMILES string of the molecule is OCCCSCCNCCC1CCCO1. The van der Waals surface area contributed by atoms with Gasteiger partial charge in [-0.25, -0.2) is 0 Å². The van der Waals surface area contributed by atoms with Crippen LogP contribution in [0.3, 0.4) is 0 Å². The number of nitrogens with one attached hydrogen (secondary N) is 1. The molecule has 3 nitrogen and oxygen atoms in total. The van der Waals surface area contributed by atoms with Crippen molar-refractivity contribution in [1.82, 2.24) is 5.32 Å². The van der Waals surface area contributed by atoms with Crippen molar-refractivity contribution in [2.45, 2.75) is 31.8 Å². The summed E-state index contributed by atoms with van der Waals surface area (Å²) >= 11 is 1.91. The van der Waals surface area contributed by atoms with Crippen molar-refractivity contribution >= 4 is 11.8 Å². The highest BCUT2D eigenvalue weighted by atomic mass is 32.2. The molecule has 0 bridgehead atoms. The minimum absolute atomic E-state index is 0.319. The molecule has 90 valence electrons. The lowest BCUT2D eigenvalue weighted by atomic mass is 10.2. The van der Waals surface area contributed by atoms with E-state index in [-0.39, 0.29) is 0 Å². The van der Waals surface area contributed by atoms with Gasteiger partial charge >= 0.3 is 0 Å². The molecule has 2 N–H and O–H groups in total. The number of aliphatic hydroxyl groups is 1. The molecule has 0 spiro atoms. The molecular weight excluding hydrogens is 210 g/mol. The Morgan fingerprint density at radius 2 is 2.27 bits per heavy atom. The quantitative estimate of drug-likeness (QED) is 0.588. The summed E-state index contributed by atoms with van der Waals surface area (Å²) in [5, 5.41) is 12.0. The van der Waals surface area contributed by atoms with Crippen molar-refractivity contribution in [3.63, 3.8) is 0 Å². The van der Waals surface area contributed by atoms with E-state index in [9.17, 15) is 0 Å². The molecule has 1 saturated heterocycles. The topological polar surface area (TPSA) is 41.5 Å². The third-order valence-electron chi connectivity index (χ3n) is 2.54. The summed E-state index contributed by atoms with van der Waals surface area (Å²) in [7, 11) is 0. The average Bonchev–Trinajstić information content (AvgIpc) is 2.75. The van der Waals surface area contributed by atoms with Crippen LogP contribution in [0.2, 0.25) is 0 Å². The van der Waals surface area contributed by atoms with Crippen LogP contribution in [0.25, 0.3) is 0 Å². The normalized spacial score (nSPS) is 21.0. The van der Waals surface area contributed by atoms with Gasteiger partial charge < -0.3 is 15.2 Å². The highest BCUT2D eigenvalue weighted by molar-refractivity contribution is 7.99. The van der Waals surface area contributed by atoms with E-state index in [0.717, 1.165) is 44.0 Å². The molecule has 15 heavy (non-hydrogen) atoms. The van der Waals surface area contributed by atoms with Gasteiger partial charge in [0.25, 0.3) is 0 Å². The fourth-order valence-corrected chi connectivity index (χ4v) is 2.50. The van der Waals surface area contributed by atoms with E-state index >= 15 is 0 Å². The van der Waals surface area contributed by atoms with Crippen molar-refractivity contribution in [3.8, 4) is 0 Å². The van der Waals surface area contributed by atoms with E-state index < -0.39 is 0 Å². The van der Waals surface area contributed by atoms with Gasteiger partial charge in [-0.3, -0.25) is 0 Å². The fourth-order valence-electron chi connectivity index (χ4n) is 1.67. The van der Waals surface area contributed by atoms with Crippen LogP contribution >= 0.6 is 11.8 Å². The van der Waals surface area contributed by atoms with Gasteiger partial charge in [0.1, 0.15) is 0 Å². The molecule has 1 atom stereocenters. The Hall–Kier alpha value is 0.230. The predicted octanol–water partition coefficient (Wildman–Crippen LogP) is 1.26. The maximum Gasteiger partial charge on any atom is 0.0588 e. The highest BCUT2D eigenvalue weighted by Gasteiger charge is 2.13. The third kappa shape index (κ3) is 7.17. The number of rotatable bonds is 9. The Kier molecular flexibility index (Phi) is 8.38. The van der Waals surface area contributed by atoms with Gasteiger partial charge in [-0.1, -0.05) is 0 Å². The summed E-state index contributed by atoms with van der Waals surface area (Å²) in [5.74, 6) is 2.22. The zero-order valence-electron chi connectivity index (χ0n) is 9.41. The van der Waals surface area contributed by atoms with Gasteiger partial charge in [0.2, 0.25) is 0 Å². The van der Waals surface area contributed by atoms with Gasteiger partial charge in [0.15, 0.2) is 0 Å². The van der Waals surface area contributed by atoms with Crippen LogP contribution in [0.4, 0.5) is 0 Å². The van der Waals surface area contributed by atoms with Crippen LogP contribution in [-0.4, -0.2) is 49.0 Å². The molecule has 4 heteroatoms. The Balaban J connectivity index is 1.73. The summed E-state index contributed by atoms with van der Waals surface area (Å²) < 4.78 is 5.54. The second-order valence-corrected chi connectivity index (χ2v) is 5.09. The zero-order chi connectivity index (χ0) is 10.8. The molecule has 0 aromatic rings. The van der Waals surface area contributed by atoms with Crippen LogP contribution < -0.4 is 5.32 Å². The maximum absolute atomic E-state index is 8.59. The summed E-state index contributed by atoms with van der Waals surface area (Å²) in [6.07, 6.45) is 5.07. The van der Waals surface area contributed by atoms with Gasteiger partial charge in [-0.05, 0) is 38.0 Å². The van der Waals surface area contributed by atoms with Crippen molar-refractivity contribution in [3.05, 3.63) is 0 Å². The molecule has 0 aliphatic carbocycles. The molecule has 1 heterocycles. The first kappa shape index (κ1) is 13.3. The second kappa shape index (κ2) is 9.46. The molecule has 1 aliphatic heterocycles. The number of thioether (sulfide) groups is 1. The zero-order valence-corrected chi connectivity index (χ0v) is 10.2. The lowest BCUT2D eigenvalue weighted by molar-refractivity contribution is 0.104. The van der Waals surface area contributed by atoms with Gasteiger partial charge in [-0.2, -0.15) is 11.8 Å². The van der Waals surface area contributed by atoms with E-state index in [2.05, 4.69) is 5.32 Å². The van der Waals surface area contributed by atoms with E-state index in [1.165, 1.54) is 12.8 Å². The minimum Gasteiger partial charge on any atom is -0.396 e. The fraction of sp³-hybridized carbons (Fsp3) is 1.00. The van der Waals surface area contributed by atoms with Crippen molar-refractivity contribution in [2.24, 2.45) is 0 Å². The number of hydrogen-bond acceptors (Lipinski definition) is 4. The first-order chi connectivity index (χ1) is 7.43. The van der Waals surface area contributed by atoms with E-state index in [1.807, 2.05) is 11.8 Å².